The molecule has 0 fully saturated rings. The Balaban J connectivity index is 2.46. The first-order chi connectivity index (χ1) is 8.63. The Morgan fingerprint density at radius 2 is 2.33 bits per heavy atom. The monoisotopic (exact) mass is 246 g/mol. The van der Waals surface area contributed by atoms with E-state index in [1.165, 1.54) is 0 Å². The topological polar surface area (TPSA) is 69.0 Å². The van der Waals surface area contributed by atoms with Gasteiger partial charge in [0, 0.05) is 18.3 Å². The van der Waals surface area contributed by atoms with Crippen LogP contribution in [0.2, 0.25) is 0 Å². The average Bonchev–Trinajstić information content (AvgIpc) is 2.35. The molecule has 0 aromatic carbocycles. The van der Waals surface area contributed by atoms with Gasteiger partial charge in [0.15, 0.2) is 0 Å². The van der Waals surface area contributed by atoms with Crippen LogP contribution in [0.4, 0.5) is 0 Å². The molecule has 96 valence electrons. The van der Waals surface area contributed by atoms with Gasteiger partial charge in [0.05, 0.1) is 18.2 Å². The molecule has 5 heteroatoms. The minimum absolute atomic E-state index is 0.115. The van der Waals surface area contributed by atoms with Crippen molar-refractivity contribution in [3.05, 3.63) is 29.6 Å². The molecule has 1 amide bonds. The third kappa shape index (κ3) is 4.93. The molecule has 1 rings (SSSR count). The Labute approximate surface area is 107 Å². The summed E-state index contributed by atoms with van der Waals surface area (Å²) >= 11 is 0. The van der Waals surface area contributed by atoms with Crippen LogP contribution in [-0.2, 0) is 6.42 Å². The van der Waals surface area contributed by atoms with Crippen molar-refractivity contribution in [1.82, 2.24) is 15.2 Å². The van der Waals surface area contributed by atoms with Crippen LogP contribution in [0.15, 0.2) is 18.3 Å². The van der Waals surface area contributed by atoms with Gasteiger partial charge < -0.3 is 10.2 Å². The van der Waals surface area contributed by atoms with Crippen molar-refractivity contribution in [1.29, 1.82) is 5.26 Å². The Hall–Kier alpha value is -1.93. The molecule has 0 spiro atoms. The standard InChI is InChI=1S/C13H18N4O/c1-17(2)9-3-7-16-13(18)11-5-8-15-12(10-11)4-6-14/h5,8,10H,3-4,7,9H2,1-2H3,(H,16,18). The molecule has 0 radical (unpaired) electrons. The highest BCUT2D eigenvalue weighted by atomic mass is 16.1. The molecule has 1 aromatic heterocycles. The molecule has 0 bridgehead atoms. The maximum Gasteiger partial charge on any atom is 0.251 e. The fourth-order valence-electron chi connectivity index (χ4n) is 1.50. The zero-order valence-corrected chi connectivity index (χ0v) is 10.8. The Morgan fingerprint density at radius 1 is 1.56 bits per heavy atom. The smallest absolute Gasteiger partial charge is 0.251 e. The molecular weight excluding hydrogens is 228 g/mol. The zero-order valence-electron chi connectivity index (χ0n) is 10.8. The number of rotatable bonds is 6. The number of nitrogens with zero attached hydrogens (tertiary/aromatic N) is 3. The summed E-state index contributed by atoms with van der Waals surface area (Å²) in [4.78, 5) is 17.9. The molecule has 0 atom stereocenters. The number of nitrogens with one attached hydrogen (secondary N) is 1. The van der Waals surface area contributed by atoms with E-state index in [1.807, 2.05) is 20.2 Å². The van der Waals surface area contributed by atoms with Gasteiger partial charge in [-0.05, 0) is 39.2 Å². The summed E-state index contributed by atoms with van der Waals surface area (Å²) in [5.74, 6) is -0.115. The van der Waals surface area contributed by atoms with Gasteiger partial charge in [-0.3, -0.25) is 9.78 Å². The fourth-order valence-corrected chi connectivity index (χ4v) is 1.50. The van der Waals surface area contributed by atoms with E-state index in [4.69, 9.17) is 5.26 Å². The van der Waals surface area contributed by atoms with Crippen LogP contribution in [0.25, 0.3) is 0 Å². The van der Waals surface area contributed by atoms with Crippen molar-refractivity contribution in [3.63, 3.8) is 0 Å². The summed E-state index contributed by atoms with van der Waals surface area (Å²) in [6.07, 6.45) is 2.69. The Morgan fingerprint density at radius 3 is 3.00 bits per heavy atom. The van der Waals surface area contributed by atoms with Crippen LogP contribution in [0.3, 0.4) is 0 Å². The number of amides is 1. The van der Waals surface area contributed by atoms with E-state index < -0.39 is 0 Å². The number of pyridine rings is 1. The number of hydrogen-bond donors (Lipinski definition) is 1. The maximum atomic E-state index is 11.8. The lowest BCUT2D eigenvalue weighted by Gasteiger charge is -2.10. The number of nitriles is 1. The van der Waals surface area contributed by atoms with E-state index in [9.17, 15) is 4.79 Å². The molecule has 18 heavy (non-hydrogen) atoms. The quantitative estimate of drug-likeness (QED) is 0.755. The molecule has 0 aliphatic heterocycles. The molecule has 0 saturated carbocycles. The molecular formula is C13H18N4O. The first-order valence-corrected chi connectivity index (χ1v) is 5.88. The van der Waals surface area contributed by atoms with Crippen LogP contribution in [0.5, 0.6) is 0 Å². The summed E-state index contributed by atoms with van der Waals surface area (Å²) in [5, 5.41) is 11.4. The number of hydrogen-bond acceptors (Lipinski definition) is 4. The first-order valence-electron chi connectivity index (χ1n) is 5.88. The van der Waals surface area contributed by atoms with E-state index in [1.54, 1.807) is 18.3 Å². The van der Waals surface area contributed by atoms with Crippen LogP contribution in [-0.4, -0.2) is 43.0 Å². The normalized spacial score (nSPS) is 10.1. The van der Waals surface area contributed by atoms with E-state index >= 15 is 0 Å². The molecule has 1 heterocycles. The molecule has 0 aliphatic rings. The average molecular weight is 246 g/mol. The van der Waals surface area contributed by atoms with Crippen LogP contribution in [0.1, 0.15) is 22.5 Å². The summed E-state index contributed by atoms with van der Waals surface area (Å²) < 4.78 is 0. The van der Waals surface area contributed by atoms with Gasteiger partial charge in [0.25, 0.3) is 5.91 Å². The first kappa shape index (κ1) is 14.1. The largest absolute Gasteiger partial charge is 0.352 e. The minimum Gasteiger partial charge on any atom is -0.352 e. The van der Waals surface area contributed by atoms with Gasteiger partial charge >= 0.3 is 0 Å². The Bertz CT molecular complexity index is 437. The van der Waals surface area contributed by atoms with Crippen molar-refractivity contribution in [2.24, 2.45) is 0 Å². The van der Waals surface area contributed by atoms with Crippen LogP contribution in [0, 0.1) is 11.3 Å². The SMILES string of the molecule is CN(C)CCCNC(=O)c1ccnc(CC#N)c1. The summed E-state index contributed by atoms with van der Waals surface area (Å²) in [6, 6.07) is 5.33. The van der Waals surface area contributed by atoms with E-state index in [2.05, 4.69) is 15.2 Å². The molecule has 1 N–H and O–H groups in total. The molecule has 1 aromatic rings. The molecule has 0 saturated heterocycles. The molecule has 0 aliphatic carbocycles. The van der Waals surface area contributed by atoms with Gasteiger partial charge in [-0.1, -0.05) is 0 Å². The second-order valence-electron chi connectivity index (χ2n) is 4.28. The summed E-state index contributed by atoms with van der Waals surface area (Å²) in [5.41, 5.74) is 1.18. The highest BCUT2D eigenvalue weighted by molar-refractivity contribution is 5.94. The molecule has 5 nitrogen and oxygen atoms in total. The summed E-state index contributed by atoms with van der Waals surface area (Å²) in [6.45, 7) is 1.59. The van der Waals surface area contributed by atoms with Gasteiger partial charge in [-0.25, -0.2) is 0 Å². The lowest BCUT2D eigenvalue weighted by atomic mass is 10.2. The van der Waals surface area contributed by atoms with Gasteiger partial charge in [-0.2, -0.15) is 5.26 Å². The highest BCUT2D eigenvalue weighted by Crippen LogP contribution is 2.02. The van der Waals surface area contributed by atoms with Gasteiger partial charge in [0.2, 0.25) is 0 Å². The number of carbonyl (C=O) groups is 1. The van der Waals surface area contributed by atoms with Crippen LogP contribution >= 0.6 is 0 Å². The van der Waals surface area contributed by atoms with Crippen LogP contribution < -0.4 is 5.32 Å². The Kier molecular flexibility index (Phi) is 5.81. The van der Waals surface area contributed by atoms with Gasteiger partial charge in [-0.15, -0.1) is 0 Å². The predicted octanol–water partition coefficient (Wildman–Crippen LogP) is 0.829. The lowest BCUT2D eigenvalue weighted by molar-refractivity contribution is 0.0952. The van der Waals surface area contributed by atoms with Crippen molar-refractivity contribution in [3.8, 4) is 6.07 Å². The van der Waals surface area contributed by atoms with E-state index in [-0.39, 0.29) is 12.3 Å². The molecule has 0 unspecified atom stereocenters. The maximum absolute atomic E-state index is 11.8. The predicted molar refractivity (Wildman–Crippen MR) is 69.1 cm³/mol. The van der Waals surface area contributed by atoms with E-state index in [0.717, 1.165) is 13.0 Å². The van der Waals surface area contributed by atoms with Gasteiger partial charge in [0.1, 0.15) is 0 Å². The van der Waals surface area contributed by atoms with Crippen molar-refractivity contribution < 1.29 is 4.79 Å². The third-order valence-electron chi connectivity index (χ3n) is 2.41. The second-order valence-corrected chi connectivity index (χ2v) is 4.28. The lowest BCUT2D eigenvalue weighted by Crippen LogP contribution is -2.27. The minimum atomic E-state index is -0.115. The zero-order chi connectivity index (χ0) is 13.4. The third-order valence-corrected chi connectivity index (χ3v) is 2.41. The van der Waals surface area contributed by atoms with Crippen molar-refractivity contribution in [2.75, 3.05) is 27.2 Å². The number of aromatic nitrogens is 1. The van der Waals surface area contributed by atoms with E-state index in [0.29, 0.717) is 17.8 Å². The van der Waals surface area contributed by atoms with Crippen molar-refractivity contribution in [2.45, 2.75) is 12.8 Å². The summed E-state index contributed by atoms with van der Waals surface area (Å²) in [7, 11) is 4.00. The fraction of sp³-hybridized carbons (Fsp3) is 0.462. The second kappa shape index (κ2) is 7.41. The van der Waals surface area contributed by atoms with Crippen molar-refractivity contribution >= 4 is 5.91 Å². The number of carbonyl (C=O) groups excluding carboxylic acids is 1. The highest BCUT2D eigenvalue weighted by Gasteiger charge is 2.06.